The molecule has 1 saturated heterocycles. The van der Waals surface area contributed by atoms with E-state index in [0.717, 1.165) is 16.0 Å². The molecular weight excluding hydrogens is 370 g/mol. The van der Waals surface area contributed by atoms with Crippen LogP contribution in [0.4, 0.5) is 11.4 Å². The van der Waals surface area contributed by atoms with Gasteiger partial charge in [-0.2, -0.15) is 0 Å². The van der Waals surface area contributed by atoms with Gasteiger partial charge in [-0.05, 0) is 43.3 Å². The molecule has 3 amide bonds. The van der Waals surface area contributed by atoms with Crippen molar-refractivity contribution in [1.82, 2.24) is 4.98 Å². The molecule has 7 nitrogen and oxygen atoms in total. The molecule has 7 heteroatoms. The van der Waals surface area contributed by atoms with Crippen molar-refractivity contribution in [2.75, 3.05) is 17.3 Å². The fraction of sp³-hybridized carbons (Fsp3) is 0.182. The topological polar surface area (TPSA) is 88.6 Å². The number of para-hydroxylation sites is 1. The van der Waals surface area contributed by atoms with Crippen LogP contribution in [0.3, 0.4) is 0 Å². The molecule has 0 radical (unpaired) electrons. The molecule has 1 fully saturated rings. The van der Waals surface area contributed by atoms with Gasteiger partial charge in [0.15, 0.2) is 0 Å². The lowest BCUT2D eigenvalue weighted by atomic mass is 10.1. The van der Waals surface area contributed by atoms with Crippen LogP contribution in [-0.2, 0) is 9.59 Å². The van der Waals surface area contributed by atoms with E-state index in [1.165, 1.54) is 0 Å². The minimum Gasteiger partial charge on any atom is -0.494 e. The first-order valence-electron chi connectivity index (χ1n) is 9.19. The number of nitrogens with one attached hydrogen (secondary N) is 1. The summed E-state index contributed by atoms with van der Waals surface area (Å²) in [5.41, 5.74) is 2.94. The molecular formula is C22H19N3O4. The van der Waals surface area contributed by atoms with Crippen LogP contribution >= 0.6 is 0 Å². The first-order chi connectivity index (χ1) is 14.0. The highest BCUT2D eigenvalue weighted by atomic mass is 16.5. The summed E-state index contributed by atoms with van der Waals surface area (Å²) in [6.07, 6.45) is 0.442. The van der Waals surface area contributed by atoms with Crippen LogP contribution in [0.5, 0.6) is 5.75 Å². The van der Waals surface area contributed by atoms with Gasteiger partial charge in [0.05, 0.1) is 18.5 Å². The molecule has 4 rings (SSSR count). The molecule has 2 heterocycles. The Balaban J connectivity index is 1.62. The molecule has 1 aromatic heterocycles. The second-order valence-electron chi connectivity index (χ2n) is 6.79. The maximum absolute atomic E-state index is 12.8. The van der Waals surface area contributed by atoms with Gasteiger partial charge in [-0.1, -0.05) is 12.1 Å². The van der Waals surface area contributed by atoms with E-state index in [4.69, 9.17) is 4.74 Å². The normalized spacial score (nSPS) is 13.8. The zero-order chi connectivity index (χ0) is 20.5. The van der Waals surface area contributed by atoms with E-state index >= 15 is 0 Å². The van der Waals surface area contributed by atoms with E-state index in [0.29, 0.717) is 28.2 Å². The smallest absolute Gasteiger partial charge is 0.255 e. The lowest BCUT2D eigenvalue weighted by Crippen LogP contribution is -2.28. The summed E-state index contributed by atoms with van der Waals surface area (Å²) < 4.78 is 5.37. The minimum absolute atomic E-state index is 0.221. The summed E-state index contributed by atoms with van der Waals surface area (Å²) in [5, 5.41) is 3.69. The number of methoxy groups -OCH3 is 1. The maximum atomic E-state index is 12.8. The number of imide groups is 1. The Morgan fingerprint density at radius 1 is 1.07 bits per heavy atom. The number of aromatic nitrogens is 1. The molecule has 1 aliphatic heterocycles. The van der Waals surface area contributed by atoms with Gasteiger partial charge >= 0.3 is 0 Å². The van der Waals surface area contributed by atoms with Gasteiger partial charge in [-0.25, -0.2) is 4.98 Å². The number of nitrogens with zero attached hydrogens (tertiary/aromatic N) is 2. The molecule has 1 N–H and O–H groups in total. The average Bonchev–Trinajstić information content (AvgIpc) is 3.05. The van der Waals surface area contributed by atoms with E-state index in [1.54, 1.807) is 37.4 Å². The Morgan fingerprint density at radius 2 is 1.76 bits per heavy atom. The highest BCUT2D eigenvalue weighted by Crippen LogP contribution is 2.30. The standard InChI is InChI=1S/C22H19N3O4/c1-13-12-17(16-4-3-5-18(29-2)21(16)23-13)24-22(28)14-6-8-15(9-7-14)25-19(26)10-11-20(25)27/h3-9,12H,10-11H2,1-2H3,(H,23,24,28). The molecule has 29 heavy (non-hydrogen) atoms. The SMILES string of the molecule is COc1cccc2c(NC(=O)c3ccc(N4C(=O)CCC4=O)cc3)cc(C)nc12. The fourth-order valence-corrected chi connectivity index (χ4v) is 3.44. The summed E-state index contributed by atoms with van der Waals surface area (Å²) in [6, 6.07) is 13.7. The molecule has 3 aromatic rings. The van der Waals surface area contributed by atoms with Gasteiger partial charge in [0.2, 0.25) is 11.8 Å². The number of ether oxygens (including phenoxy) is 1. The number of hydrogen-bond donors (Lipinski definition) is 1. The highest BCUT2D eigenvalue weighted by molar-refractivity contribution is 6.20. The first kappa shape index (κ1) is 18.6. The monoisotopic (exact) mass is 389 g/mol. The summed E-state index contributed by atoms with van der Waals surface area (Å²) >= 11 is 0. The second kappa shape index (κ2) is 7.35. The lowest BCUT2D eigenvalue weighted by molar-refractivity contribution is -0.121. The van der Waals surface area contributed by atoms with Gasteiger partial charge in [-0.15, -0.1) is 0 Å². The van der Waals surface area contributed by atoms with Crippen molar-refractivity contribution in [2.45, 2.75) is 19.8 Å². The van der Waals surface area contributed by atoms with Crippen LogP contribution in [0.1, 0.15) is 28.9 Å². The Kier molecular flexibility index (Phi) is 4.72. The fourth-order valence-electron chi connectivity index (χ4n) is 3.44. The van der Waals surface area contributed by atoms with Crippen LogP contribution < -0.4 is 15.0 Å². The lowest BCUT2D eigenvalue weighted by Gasteiger charge is -2.15. The number of carbonyl (C=O) groups excluding carboxylic acids is 3. The van der Waals surface area contributed by atoms with Gasteiger partial charge in [0, 0.05) is 29.5 Å². The largest absolute Gasteiger partial charge is 0.494 e. The maximum Gasteiger partial charge on any atom is 0.255 e. The van der Waals surface area contributed by atoms with Crippen LogP contribution in [0.15, 0.2) is 48.5 Å². The third-order valence-electron chi connectivity index (χ3n) is 4.84. The molecule has 0 unspecified atom stereocenters. The van der Waals surface area contributed by atoms with Crippen LogP contribution in [-0.4, -0.2) is 29.8 Å². The van der Waals surface area contributed by atoms with Crippen molar-refractivity contribution in [3.8, 4) is 5.75 Å². The van der Waals surface area contributed by atoms with Crippen molar-refractivity contribution in [1.29, 1.82) is 0 Å². The zero-order valence-electron chi connectivity index (χ0n) is 16.1. The van der Waals surface area contributed by atoms with Crippen molar-refractivity contribution in [2.24, 2.45) is 0 Å². The number of benzene rings is 2. The van der Waals surface area contributed by atoms with Crippen molar-refractivity contribution < 1.29 is 19.1 Å². The third-order valence-corrected chi connectivity index (χ3v) is 4.84. The van der Waals surface area contributed by atoms with E-state index in [-0.39, 0.29) is 30.6 Å². The summed E-state index contributed by atoms with van der Waals surface area (Å²) in [5.74, 6) is -0.115. The number of pyridine rings is 1. The zero-order valence-corrected chi connectivity index (χ0v) is 16.1. The molecule has 2 aromatic carbocycles. The summed E-state index contributed by atoms with van der Waals surface area (Å²) in [6.45, 7) is 1.85. The molecule has 0 spiro atoms. The van der Waals surface area contributed by atoms with Crippen molar-refractivity contribution >= 4 is 40.0 Å². The van der Waals surface area contributed by atoms with Gasteiger partial charge in [0.1, 0.15) is 11.3 Å². The van der Waals surface area contributed by atoms with Gasteiger partial charge in [-0.3, -0.25) is 19.3 Å². The van der Waals surface area contributed by atoms with E-state index in [9.17, 15) is 14.4 Å². The number of hydrogen-bond acceptors (Lipinski definition) is 5. The quantitative estimate of drug-likeness (QED) is 0.691. The number of fused-ring (bicyclic) bond motifs is 1. The minimum atomic E-state index is -0.301. The second-order valence-corrected chi connectivity index (χ2v) is 6.79. The Morgan fingerprint density at radius 3 is 2.41 bits per heavy atom. The number of aryl methyl sites for hydroxylation is 1. The van der Waals surface area contributed by atoms with Gasteiger partial charge < -0.3 is 10.1 Å². The highest BCUT2D eigenvalue weighted by Gasteiger charge is 2.30. The first-order valence-corrected chi connectivity index (χ1v) is 9.19. The number of anilines is 2. The van der Waals surface area contributed by atoms with Gasteiger partial charge in [0.25, 0.3) is 5.91 Å². The molecule has 146 valence electrons. The predicted octanol–water partition coefficient (Wildman–Crippen LogP) is 3.46. The number of carbonyl (C=O) groups is 3. The van der Waals surface area contributed by atoms with E-state index in [1.807, 2.05) is 25.1 Å². The van der Waals surface area contributed by atoms with E-state index in [2.05, 4.69) is 10.3 Å². The molecule has 1 aliphatic rings. The summed E-state index contributed by atoms with van der Waals surface area (Å²) in [4.78, 5) is 42.2. The van der Waals surface area contributed by atoms with Crippen LogP contribution in [0.25, 0.3) is 10.9 Å². The predicted molar refractivity (Wildman–Crippen MR) is 109 cm³/mol. The molecule has 0 saturated carbocycles. The molecule has 0 bridgehead atoms. The van der Waals surface area contributed by atoms with Crippen LogP contribution in [0.2, 0.25) is 0 Å². The molecule has 0 atom stereocenters. The van der Waals surface area contributed by atoms with E-state index < -0.39 is 0 Å². The van der Waals surface area contributed by atoms with Crippen molar-refractivity contribution in [3.63, 3.8) is 0 Å². The molecule has 0 aliphatic carbocycles. The Labute approximate surface area is 167 Å². The Hall–Kier alpha value is -3.74. The third kappa shape index (κ3) is 3.42. The average molecular weight is 389 g/mol. The Bertz CT molecular complexity index is 1120. The number of amides is 3. The number of rotatable bonds is 4. The summed E-state index contributed by atoms with van der Waals surface area (Å²) in [7, 11) is 1.58. The van der Waals surface area contributed by atoms with Crippen LogP contribution in [0, 0.1) is 6.92 Å². The van der Waals surface area contributed by atoms with Crippen molar-refractivity contribution in [3.05, 3.63) is 59.8 Å².